The number of aliphatic hydroxyl groups is 5. The van der Waals surface area contributed by atoms with Gasteiger partial charge in [-0.15, -0.1) is 0 Å². The van der Waals surface area contributed by atoms with Crippen LogP contribution in [0.3, 0.4) is 0 Å². The third-order valence-electron chi connectivity index (χ3n) is 13.7. The summed E-state index contributed by atoms with van der Waals surface area (Å²) >= 11 is 0. The number of hydrogen-bond acceptors (Lipinski definition) is 17. The zero-order valence-electron chi connectivity index (χ0n) is 40.7. The lowest BCUT2D eigenvalue weighted by Crippen LogP contribution is -2.61. The molecule has 372 valence electrons. The predicted molar refractivity (Wildman–Crippen MR) is 239 cm³/mol. The van der Waals surface area contributed by atoms with E-state index in [4.69, 9.17) is 38.0 Å². The molecule has 18 atom stereocenters. The van der Waals surface area contributed by atoms with E-state index in [9.17, 15) is 35.1 Å². The highest BCUT2D eigenvalue weighted by Crippen LogP contribution is 2.41. The lowest BCUT2D eigenvalue weighted by molar-refractivity contribution is -0.317. The number of methoxy groups -OCH3 is 1. The van der Waals surface area contributed by atoms with E-state index in [0.717, 1.165) is 5.56 Å². The molecule has 0 saturated carbocycles. The number of nitrogens with zero attached hydrogens (tertiary/aromatic N) is 2. The Morgan fingerprint density at radius 1 is 0.938 bits per heavy atom. The van der Waals surface area contributed by atoms with Gasteiger partial charge in [0.15, 0.2) is 12.6 Å². The van der Waals surface area contributed by atoms with Gasteiger partial charge < -0.3 is 73.7 Å². The second-order valence-electron chi connectivity index (χ2n) is 19.4. The molecular formula is C47H79N3O15. The van der Waals surface area contributed by atoms with Gasteiger partial charge in [0.1, 0.15) is 37.1 Å². The molecule has 2 unspecified atom stereocenters. The van der Waals surface area contributed by atoms with Crippen LogP contribution >= 0.6 is 0 Å². The van der Waals surface area contributed by atoms with Crippen molar-refractivity contribution in [1.82, 2.24) is 10.2 Å². The third kappa shape index (κ3) is 13.6. The third-order valence-corrected chi connectivity index (χ3v) is 13.7. The normalized spacial score (nSPS) is 41.9. The van der Waals surface area contributed by atoms with Crippen molar-refractivity contribution in [3.63, 3.8) is 0 Å². The van der Waals surface area contributed by atoms with Gasteiger partial charge in [-0.2, -0.15) is 0 Å². The van der Waals surface area contributed by atoms with Crippen LogP contribution in [0.4, 0.5) is 4.79 Å². The lowest BCUT2D eigenvalue weighted by atomic mass is 9.73. The van der Waals surface area contributed by atoms with Crippen LogP contribution in [0, 0.1) is 23.7 Å². The smallest absolute Gasteiger partial charge is 0.407 e. The lowest BCUT2D eigenvalue weighted by Gasteiger charge is -2.49. The molecule has 1 aromatic carbocycles. The fourth-order valence-electron chi connectivity index (χ4n) is 9.69. The van der Waals surface area contributed by atoms with Crippen molar-refractivity contribution in [2.45, 2.75) is 186 Å². The predicted octanol–water partition coefficient (Wildman–Crippen LogP) is 3.52. The maximum atomic E-state index is 14.4. The van der Waals surface area contributed by atoms with Crippen LogP contribution in [0.2, 0.25) is 0 Å². The van der Waals surface area contributed by atoms with Gasteiger partial charge in [-0.3, -0.25) is 4.79 Å². The Morgan fingerprint density at radius 2 is 1.60 bits per heavy atom. The van der Waals surface area contributed by atoms with E-state index in [1.807, 2.05) is 56.3 Å². The number of oxime groups is 1. The second kappa shape index (κ2) is 23.3. The summed E-state index contributed by atoms with van der Waals surface area (Å²) in [6, 6.07) is 8.87. The van der Waals surface area contributed by atoms with E-state index in [1.165, 1.54) is 14.0 Å². The first kappa shape index (κ1) is 54.6. The van der Waals surface area contributed by atoms with E-state index < -0.39 is 108 Å². The average Bonchev–Trinajstić information content (AvgIpc) is 3.25. The van der Waals surface area contributed by atoms with Crippen molar-refractivity contribution in [3.05, 3.63) is 35.9 Å². The van der Waals surface area contributed by atoms with E-state index in [-0.39, 0.29) is 56.9 Å². The first-order chi connectivity index (χ1) is 30.4. The molecule has 3 heterocycles. The average molecular weight is 926 g/mol. The molecule has 0 radical (unpaired) electrons. The Labute approximate surface area is 385 Å². The van der Waals surface area contributed by atoms with Crippen molar-refractivity contribution in [3.8, 4) is 0 Å². The molecule has 0 bridgehead atoms. The topological polar surface area (TPSA) is 237 Å². The molecular weight excluding hydrogens is 847 g/mol. The maximum Gasteiger partial charge on any atom is 0.407 e. The number of esters is 1. The Morgan fingerprint density at radius 3 is 2.22 bits per heavy atom. The Balaban J connectivity index is 1.75. The number of alkyl carbamates (subject to hydrolysis) is 1. The SMILES string of the molecule is CCC1OC(=O)[C@H](C)C(O[C@H]2C[C@@](C)(OC)[C@@H](O)[C@H](C)O2)[C@H](C)[C@@H](O[C@@H]2O[C@H](C)C[C@H](N(C)C)[C@H]2O)[C@](C)(O)C[C@@H](C)/C(=N/OCCNC(=O)OCc2ccccc2)[C@H](C)[C@@H](O)[C@]1(C)O. The second-order valence-corrected chi connectivity index (χ2v) is 19.4. The van der Waals surface area contributed by atoms with Crippen molar-refractivity contribution in [2.75, 3.05) is 34.4 Å². The van der Waals surface area contributed by atoms with E-state index in [0.29, 0.717) is 6.42 Å². The minimum absolute atomic E-state index is 0.0219. The van der Waals surface area contributed by atoms with E-state index in [2.05, 4.69) is 10.5 Å². The first-order valence-corrected chi connectivity index (χ1v) is 23.0. The Kier molecular flexibility index (Phi) is 19.6. The van der Waals surface area contributed by atoms with Crippen LogP contribution in [0.1, 0.15) is 100 Å². The number of carbonyl (C=O) groups excluding carboxylic acids is 2. The van der Waals surface area contributed by atoms with Gasteiger partial charge in [0, 0.05) is 37.3 Å². The van der Waals surface area contributed by atoms with E-state index >= 15 is 0 Å². The zero-order chi connectivity index (χ0) is 48.6. The minimum Gasteiger partial charge on any atom is -0.459 e. The molecule has 1 amide bonds. The quantitative estimate of drug-likeness (QED) is 0.0943. The number of aliphatic hydroxyl groups excluding tert-OH is 3. The molecule has 3 fully saturated rings. The molecule has 4 rings (SSSR count). The number of amides is 1. The van der Waals surface area contributed by atoms with E-state index in [1.54, 1.807) is 55.4 Å². The summed E-state index contributed by atoms with van der Waals surface area (Å²) < 4.78 is 43.1. The number of likely N-dealkylation sites (N-methyl/N-ethyl adjacent to an activating group) is 1. The highest BCUT2D eigenvalue weighted by atomic mass is 16.7. The number of hydrogen-bond donors (Lipinski definition) is 6. The van der Waals surface area contributed by atoms with Gasteiger partial charge >= 0.3 is 12.1 Å². The molecule has 1 aromatic rings. The Hall–Kier alpha value is -3.01. The van der Waals surface area contributed by atoms with Gasteiger partial charge in [0.25, 0.3) is 0 Å². The summed E-state index contributed by atoms with van der Waals surface area (Å²) in [6.45, 7) is 16.8. The number of nitrogens with one attached hydrogen (secondary N) is 1. The largest absolute Gasteiger partial charge is 0.459 e. The number of rotatable bonds is 13. The van der Waals surface area contributed by atoms with Crippen molar-refractivity contribution < 1.29 is 73.1 Å². The van der Waals surface area contributed by atoms with Crippen molar-refractivity contribution in [1.29, 1.82) is 0 Å². The van der Waals surface area contributed by atoms with Crippen LogP contribution in [-0.2, 0) is 49.4 Å². The zero-order valence-corrected chi connectivity index (χ0v) is 40.7. The summed E-state index contributed by atoms with van der Waals surface area (Å²) in [6.07, 6.45) is -10.6. The van der Waals surface area contributed by atoms with Crippen LogP contribution < -0.4 is 5.32 Å². The molecule has 6 N–H and O–H groups in total. The maximum absolute atomic E-state index is 14.4. The Bertz CT molecular complexity index is 1680. The summed E-state index contributed by atoms with van der Waals surface area (Å²) in [5, 5.41) is 66.7. The molecule has 18 heteroatoms. The highest BCUT2D eigenvalue weighted by molar-refractivity contribution is 5.88. The minimum atomic E-state index is -2.01. The van der Waals surface area contributed by atoms with Crippen LogP contribution in [-0.4, -0.2) is 167 Å². The van der Waals surface area contributed by atoms with Gasteiger partial charge in [0.2, 0.25) is 0 Å². The summed E-state index contributed by atoms with van der Waals surface area (Å²) in [7, 11) is 5.19. The van der Waals surface area contributed by atoms with Crippen LogP contribution in [0.5, 0.6) is 0 Å². The van der Waals surface area contributed by atoms with Crippen molar-refractivity contribution >= 4 is 17.8 Å². The molecule has 0 aromatic heterocycles. The molecule has 0 spiro atoms. The van der Waals surface area contributed by atoms with Gasteiger partial charge in [-0.05, 0) is 80.5 Å². The molecule has 3 aliphatic rings. The van der Waals surface area contributed by atoms with Crippen LogP contribution in [0.15, 0.2) is 35.5 Å². The highest BCUT2D eigenvalue weighted by Gasteiger charge is 2.53. The standard InChI is InChI=1S/C47H79N3O15/c1-14-34-47(10,57)39(52)28(4)36(49-60-21-20-48-44(55)59-25-32-18-16-15-17-19-32)26(2)23-45(8,56)41(65-43-37(51)33(50(11)12)22-27(3)61-43)29(5)38(30(6)42(54)63-34)64-35-24-46(9,58-13)40(53)31(7)62-35/h15-19,26-31,33-35,37-41,43,51-53,56-57H,14,20-25H2,1-13H3,(H,48,55)/b49-36-/t26-,27-,28+,29+,30-,31+,33+,34?,35+,37-,38?,39-,40+,41-,43+,45-,46-,47-/m1/s1. The fraction of sp³-hybridized carbons (Fsp3) is 0.809. The van der Waals surface area contributed by atoms with Crippen LogP contribution in [0.25, 0.3) is 0 Å². The number of carbonyl (C=O) groups is 2. The molecule has 3 saturated heterocycles. The summed E-state index contributed by atoms with van der Waals surface area (Å²) in [4.78, 5) is 34.5. The van der Waals surface area contributed by atoms with Gasteiger partial charge in [-0.25, -0.2) is 4.79 Å². The monoisotopic (exact) mass is 926 g/mol. The van der Waals surface area contributed by atoms with Crippen molar-refractivity contribution in [2.24, 2.45) is 28.8 Å². The molecule has 65 heavy (non-hydrogen) atoms. The summed E-state index contributed by atoms with van der Waals surface area (Å²) in [5.74, 6) is -4.33. The first-order valence-electron chi connectivity index (χ1n) is 23.0. The number of benzene rings is 1. The number of ether oxygens (including phenoxy) is 7. The molecule has 18 nitrogen and oxygen atoms in total. The fourth-order valence-corrected chi connectivity index (χ4v) is 9.69. The number of cyclic esters (lactones) is 1. The molecule has 0 aliphatic carbocycles. The molecule has 3 aliphatic heterocycles. The van der Waals surface area contributed by atoms with Gasteiger partial charge in [0.05, 0.1) is 59.9 Å². The summed E-state index contributed by atoms with van der Waals surface area (Å²) in [5.41, 5.74) is -3.82. The van der Waals surface area contributed by atoms with Gasteiger partial charge in [-0.1, -0.05) is 63.2 Å².